The van der Waals surface area contributed by atoms with Crippen LogP contribution in [0.5, 0.6) is 0 Å². The van der Waals surface area contributed by atoms with Gasteiger partial charge in [-0.25, -0.2) is 4.39 Å². The number of nitrogens with two attached hydrogens (primary N) is 1. The molecule has 0 spiro atoms. The first-order valence-corrected chi connectivity index (χ1v) is 9.40. The lowest BCUT2D eigenvalue weighted by molar-refractivity contribution is -0.150. The molecule has 2 rings (SSSR count). The molecule has 0 radical (unpaired) electrons. The van der Waals surface area contributed by atoms with E-state index in [-0.39, 0.29) is 24.2 Å². The first-order valence-electron chi connectivity index (χ1n) is 9.40. The third-order valence-electron chi connectivity index (χ3n) is 5.04. The van der Waals surface area contributed by atoms with Crippen molar-refractivity contribution in [2.45, 2.75) is 39.0 Å². The monoisotopic (exact) mass is 411 g/mol. The van der Waals surface area contributed by atoms with Gasteiger partial charge < -0.3 is 10.5 Å². The van der Waals surface area contributed by atoms with Crippen LogP contribution in [0.3, 0.4) is 0 Å². The number of esters is 1. The number of carbonyl (C=O) groups excluding carboxylic acids is 1. The molecule has 0 aliphatic carbocycles. The van der Waals surface area contributed by atoms with Crippen molar-refractivity contribution in [2.75, 3.05) is 6.54 Å². The number of benzene rings is 2. The van der Waals surface area contributed by atoms with E-state index in [1.807, 2.05) is 6.92 Å². The van der Waals surface area contributed by atoms with Gasteiger partial charge in [0.15, 0.2) is 0 Å². The fraction of sp³-hybridized carbons (Fsp3) is 0.409. The molecule has 3 nitrogen and oxygen atoms in total. The summed E-state index contributed by atoms with van der Waals surface area (Å²) < 4.78 is 56.9. The van der Waals surface area contributed by atoms with Gasteiger partial charge in [0.2, 0.25) is 0 Å². The minimum atomic E-state index is -4.37. The fourth-order valence-electron chi connectivity index (χ4n) is 3.42. The van der Waals surface area contributed by atoms with Crippen molar-refractivity contribution in [1.82, 2.24) is 0 Å². The minimum Gasteiger partial charge on any atom is -0.461 e. The highest BCUT2D eigenvalue weighted by atomic mass is 19.4. The second-order valence-electron chi connectivity index (χ2n) is 7.27. The molecule has 0 unspecified atom stereocenters. The van der Waals surface area contributed by atoms with Crippen molar-refractivity contribution < 1.29 is 27.1 Å². The molecule has 0 aliphatic rings. The summed E-state index contributed by atoms with van der Waals surface area (Å²) in [5.41, 5.74) is 6.28. The number of rotatable bonds is 8. The Bertz CT molecular complexity index is 788. The average Bonchev–Trinajstić information content (AvgIpc) is 2.66. The number of alkyl halides is 3. The molecule has 7 heteroatoms. The zero-order chi connectivity index (χ0) is 21.6. The Hall–Kier alpha value is -2.41. The van der Waals surface area contributed by atoms with Crippen LogP contribution in [0.2, 0.25) is 0 Å². The van der Waals surface area contributed by atoms with Crippen molar-refractivity contribution in [3.8, 4) is 0 Å². The average molecular weight is 411 g/mol. The van der Waals surface area contributed by atoms with Crippen molar-refractivity contribution in [3.63, 3.8) is 0 Å². The Kier molecular flexibility index (Phi) is 7.79. The Balaban J connectivity index is 2.17. The summed E-state index contributed by atoms with van der Waals surface area (Å²) in [6.45, 7) is 3.49. The lowest BCUT2D eigenvalue weighted by Crippen LogP contribution is -2.33. The summed E-state index contributed by atoms with van der Waals surface area (Å²) in [6.07, 6.45) is -3.80. The lowest BCUT2D eigenvalue weighted by atomic mass is 9.81. The predicted octanol–water partition coefficient (Wildman–Crippen LogP) is 4.77. The molecule has 0 bridgehead atoms. The molecule has 2 aromatic carbocycles. The molecule has 29 heavy (non-hydrogen) atoms. The van der Waals surface area contributed by atoms with Gasteiger partial charge in [-0.1, -0.05) is 31.2 Å². The van der Waals surface area contributed by atoms with Gasteiger partial charge in [0.1, 0.15) is 11.9 Å². The molecule has 0 saturated heterocycles. The first-order chi connectivity index (χ1) is 13.6. The molecular weight excluding hydrogens is 386 g/mol. The van der Waals surface area contributed by atoms with Crippen molar-refractivity contribution in [3.05, 3.63) is 71.0 Å². The smallest absolute Gasteiger partial charge is 0.416 e. The van der Waals surface area contributed by atoms with Gasteiger partial charge in [0.05, 0.1) is 12.1 Å². The van der Waals surface area contributed by atoms with E-state index in [4.69, 9.17) is 10.5 Å². The first kappa shape index (κ1) is 22.9. The summed E-state index contributed by atoms with van der Waals surface area (Å²) in [7, 11) is 0. The number of halogens is 4. The molecule has 0 aliphatic heterocycles. The van der Waals surface area contributed by atoms with Gasteiger partial charge >= 0.3 is 12.1 Å². The lowest BCUT2D eigenvalue weighted by Gasteiger charge is -2.30. The minimum absolute atomic E-state index is 0.0163. The van der Waals surface area contributed by atoms with E-state index in [0.29, 0.717) is 12.8 Å². The second-order valence-corrected chi connectivity index (χ2v) is 7.27. The van der Waals surface area contributed by atoms with Gasteiger partial charge in [-0.05, 0) is 61.1 Å². The maximum absolute atomic E-state index is 13.2. The Morgan fingerprint density at radius 2 is 1.48 bits per heavy atom. The van der Waals surface area contributed by atoms with Gasteiger partial charge in [0.25, 0.3) is 0 Å². The second kappa shape index (κ2) is 9.87. The fourth-order valence-corrected chi connectivity index (χ4v) is 3.42. The largest absolute Gasteiger partial charge is 0.461 e. The van der Waals surface area contributed by atoms with Crippen LogP contribution in [-0.4, -0.2) is 18.6 Å². The Labute approximate surface area is 167 Å². The standard InChI is InChI=1S/C22H25F4NO2/c1-14(11-16-3-7-18(8-4-16)22(24,25)26)20(15(2)29-21(28)13-27)12-17-5-9-19(23)10-6-17/h3-10,14-15,20H,11-13,27H2,1-2H3/t14-,15+,20-/m1/s1. The van der Waals surface area contributed by atoms with Gasteiger partial charge in [0, 0.05) is 5.92 Å². The SMILES string of the molecule is C[C@H](Cc1ccc(C(F)(F)F)cc1)[C@@H](Cc1ccc(F)cc1)[C@H](C)OC(=O)CN. The van der Waals surface area contributed by atoms with Crippen LogP contribution in [0.25, 0.3) is 0 Å². The summed E-state index contributed by atoms with van der Waals surface area (Å²) in [5, 5.41) is 0. The van der Waals surface area contributed by atoms with E-state index in [1.165, 1.54) is 24.3 Å². The maximum atomic E-state index is 13.2. The van der Waals surface area contributed by atoms with Crippen molar-refractivity contribution in [2.24, 2.45) is 17.6 Å². The van der Waals surface area contributed by atoms with Crippen LogP contribution in [0.1, 0.15) is 30.5 Å². The molecule has 158 valence electrons. The zero-order valence-electron chi connectivity index (χ0n) is 16.4. The number of carbonyl (C=O) groups is 1. The van der Waals surface area contributed by atoms with Crippen LogP contribution in [0, 0.1) is 17.7 Å². The van der Waals surface area contributed by atoms with Crippen LogP contribution in [0.15, 0.2) is 48.5 Å². The molecule has 2 N–H and O–H groups in total. The highest BCUT2D eigenvalue weighted by Crippen LogP contribution is 2.31. The van der Waals surface area contributed by atoms with Gasteiger partial charge in [-0.3, -0.25) is 4.79 Å². The third kappa shape index (κ3) is 6.85. The zero-order valence-corrected chi connectivity index (χ0v) is 16.4. The summed E-state index contributed by atoms with van der Waals surface area (Å²) in [5.74, 6) is -1.01. The van der Waals surface area contributed by atoms with E-state index >= 15 is 0 Å². The third-order valence-corrected chi connectivity index (χ3v) is 5.04. The van der Waals surface area contributed by atoms with Gasteiger partial charge in [-0.2, -0.15) is 13.2 Å². The summed E-state index contributed by atoms with van der Waals surface area (Å²) >= 11 is 0. The van der Waals surface area contributed by atoms with E-state index < -0.39 is 23.8 Å². The molecule has 3 atom stereocenters. The number of hydrogen-bond donors (Lipinski definition) is 1. The molecule has 0 aromatic heterocycles. The van der Waals surface area contributed by atoms with Crippen LogP contribution in [-0.2, 0) is 28.5 Å². The quantitative estimate of drug-likeness (QED) is 0.503. The predicted molar refractivity (Wildman–Crippen MR) is 103 cm³/mol. The van der Waals surface area contributed by atoms with Crippen molar-refractivity contribution >= 4 is 5.97 Å². The van der Waals surface area contributed by atoms with Gasteiger partial charge in [-0.15, -0.1) is 0 Å². The van der Waals surface area contributed by atoms with Crippen LogP contribution >= 0.6 is 0 Å². The molecule has 0 saturated carbocycles. The van der Waals surface area contributed by atoms with E-state index in [9.17, 15) is 22.4 Å². The number of ether oxygens (including phenoxy) is 1. The Morgan fingerprint density at radius 3 is 2.00 bits per heavy atom. The maximum Gasteiger partial charge on any atom is 0.416 e. The molecule has 0 heterocycles. The number of hydrogen-bond acceptors (Lipinski definition) is 3. The topological polar surface area (TPSA) is 52.3 Å². The van der Waals surface area contributed by atoms with E-state index in [1.54, 1.807) is 19.1 Å². The Morgan fingerprint density at radius 1 is 0.966 bits per heavy atom. The van der Waals surface area contributed by atoms with E-state index in [2.05, 4.69) is 0 Å². The van der Waals surface area contributed by atoms with Crippen LogP contribution < -0.4 is 5.73 Å². The van der Waals surface area contributed by atoms with Crippen molar-refractivity contribution in [1.29, 1.82) is 0 Å². The highest BCUT2D eigenvalue weighted by molar-refractivity contribution is 5.71. The molecule has 0 amide bonds. The molecule has 0 fully saturated rings. The highest BCUT2D eigenvalue weighted by Gasteiger charge is 2.30. The summed E-state index contributed by atoms with van der Waals surface area (Å²) in [4.78, 5) is 11.6. The summed E-state index contributed by atoms with van der Waals surface area (Å²) in [6, 6.07) is 11.1. The van der Waals surface area contributed by atoms with Crippen LogP contribution in [0.4, 0.5) is 17.6 Å². The normalized spacial score (nSPS) is 14.9. The molecular formula is C22H25F4NO2. The molecule has 2 aromatic rings. The van der Waals surface area contributed by atoms with E-state index in [0.717, 1.165) is 23.3 Å².